The van der Waals surface area contributed by atoms with Crippen molar-refractivity contribution in [3.8, 4) is 0 Å². The highest BCUT2D eigenvalue weighted by Gasteiger charge is 1.83. The molecule has 0 rings (SSSR count). The molecule has 0 radical (unpaired) electrons. The fraction of sp³-hybridized carbons (Fsp3) is 0.250. The highest BCUT2D eigenvalue weighted by molar-refractivity contribution is 6.26. The van der Waals surface area contributed by atoms with Gasteiger partial charge in [-0.2, -0.15) is 0 Å². The van der Waals surface area contributed by atoms with Gasteiger partial charge in [0.1, 0.15) is 5.88 Å². The van der Waals surface area contributed by atoms with Crippen molar-refractivity contribution in [1.29, 1.82) is 0 Å². The lowest BCUT2D eigenvalue weighted by Gasteiger charge is -1.69. The molecule has 0 atom stereocenters. The van der Waals surface area contributed by atoms with Crippen molar-refractivity contribution < 1.29 is 9.90 Å². The van der Waals surface area contributed by atoms with E-state index in [2.05, 4.69) is 6.58 Å². The second-order valence-corrected chi connectivity index (χ2v) is 1.26. The van der Waals surface area contributed by atoms with E-state index in [4.69, 9.17) is 28.3 Å². The summed E-state index contributed by atoms with van der Waals surface area (Å²) < 4.78 is 0. The van der Waals surface area contributed by atoms with Gasteiger partial charge in [0.15, 0.2) is 0 Å². The van der Waals surface area contributed by atoms with E-state index in [1.54, 1.807) is 0 Å². The smallest absolute Gasteiger partial charge is 0.318 e. The number of halogens is 2. The molecule has 2 nitrogen and oxygen atoms in total. The van der Waals surface area contributed by atoms with Crippen LogP contribution in [0.4, 0.5) is 0 Å². The predicted molar refractivity (Wildman–Crippen MR) is 34.4 cm³/mol. The summed E-state index contributed by atoms with van der Waals surface area (Å²) in [6, 6.07) is 0. The zero-order valence-corrected chi connectivity index (χ0v) is 5.61. The molecule has 0 aromatic carbocycles. The second kappa shape index (κ2) is 9.92. The van der Waals surface area contributed by atoms with Crippen LogP contribution in [0.3, 0.4) is 0 Å². The minimum atomic E-state index is -0.980. The Morgan fingerprint density at radius 1 is 1.88 bits per heavy atom. The van der Waals surface area contributed by atoms with Crippen LogP contribution >= 0.6 is 23.2 Å². The molecule has 0 aromatic rings. The van der Waals surface area contributed by atoms with Crippen LogP contribution in [0.5, 0.6) is 0 Å². The van der Waals surface area contributed by atoms with Crippen LogP contribution in [0, 0.1) is 0 Å². The van der Waals surface area contributed by atoms with E-state index in [9.17, 15) is 4.79 Å². The molecule has 0 aromatic heterocycles. The minimum absolute atomic E-state index is 0.306. The van der Waals surface area contributed by atoms with E-state index in [0.717, 1.165) is 0 Å². The zero-order valence-electron chi connectivity index (χ0n) is 4.10. The van der Waals surface area contributed by atoms with Crippen molar-refractivity contribution in [3.05, 3.63) is 12.1 Å². The van der Waals surface area contributed by atoms with Crippen LogP contribution < -0.4 is 0 Å². The molecule has 0 bridgehead atoms. The van der Waals surface area contributed by atoms with Crippen LogP contribution in [-0.2, 0) is 4.79 Å². The Morgan fingerprint density at radius 2 is 2.00 bits per heavy atom. The van der Waals surface area contributed by atoms with Gasteiger partial charge in [0.05, 0.1) is 0 Å². The Bertz CT molecular complexity index is 72.4. The van der Waals surface area contributed by atoms with Crippen molar-refractivity contribution in [2.45, 2.75) is 0 Å². The van der Waals surface area contributed by atoms with E-state index in [1.807, 2.05) is 0 Å². The van der Waals surface area contributed by atoms with Gasteiger partial charge in [-0.1, -0.05) is 18.2 Å². The maximum absolute atomic E-state index is 9.24. The average molecular weight is 157 g/mol. The standard InChI is InChI=1S/C2H3ClO2.C2H3Cl/c3-1-2(4)5;1-2-3/h1H2,(H,4,5);2H,1H2. The first-order valence-electron chi connectivity index (χ1n) is 1.68. The van der Waals surface area contributed by atoms with Crippen LogP contribution in [-0.4, -0.2) is 17.0 Å². The molecule has 4 heteroatoms. The number of alkyl halides is 1. The first-order valence-corrected chi connectivity index (χ1v) is 2.65. The Balaban J connectivity index is 0. The molecule has 0 aliphatic rings. The number of hydrogen-bond acceptors (Lipinski definition) is 1. The molecule has 0 aliphatic carbocycles. The molecule has 0 unspecified atom stereocenters. The SMILES string of the molecule is C=CCl.O=C(O)CCl. The monoisotopic (exact) mass is 156 g/mol. The normalized spacial score (nSPS) is 6.25. The van der Waals surface area contributed by atoms with E-state index < -0.39 is 5.97 Å². The predicted octanol–water partition coefficient (Wildman–Crippen LogP) is 1.68. The van der Waals surface area contributed by atoms with Crippen molar-refractivity contribution in [3.63, 3.8) is 0 Å². The minimum Gasteiger partial charge on any atom is -0.480 e. The molecule has 0 saturated heterocycles. The summed E-state index contributed by atoms with van der Waals surface area (Å²) in [5.74, 6) is -1.29. The second-order valence-electron chi connectivity index (χ2n) is 0.682. The number of carboxylic acids is 1. The fourth-order valence-corrected chi connectivity index (χ4v) is 0. The summed E-state index contributed by atoms with van der Waals surface area (Å²) in [6.07, 6.45) is 0. The summed E-state index contributed by atoms with van der Waals surface area (Å²) in [6.45, 7) is 3.13. The number of hydrogen-bond donors (Lipinski definition) is 1. The summed E-state index contributed by atoms with van der Waals surface area (Å²) in [5.41, 5.74) is 1.22. The van der Waals surface area contributed by atoms with E-state index >= 15 is 0 Å². The van der Waals surface area contributed by atoms with Gasteiger partial charge in [-0.3, -0.25) is 4.79 Å². The molecule has 0 fully saturated rings. The van der Waals surface area contributed by atoms with Gasteiger partial charge in [-0.05, 0) is 5.54 Å². The third-order valence-electron chi connectivity index (χ3n) is 0.114. The molecular weight excluding hydrogens is 151 g/mol. The molecular formula is C4H6Cl2O2. The van der Waals surface area contributed by atoms with Gasteiger partial charge in [0.25, 0.3) is 0 Å². The molecule has 48 valence electrons. The first kappa shape index (κ1) is 10.7. The van der Waals surface area contributed by atoms with Gasteiger partial charge in [0.2, 0.25) is 0 Å². The number of rotatable bonds is 1. The lowest BCUT2D eigenvalue weighted by Crippen LogP contribution is -1.92. The van der Waals surface area contributed by atoms with Crippen LogP contribution in [0.2, 0.25) is 0 Å². The first-order chi connectivity index (χ1) is 3.68. The number of aliphatic carboxylic acids is 1. The van der Waals surface area contributed by atoms with Gasteiger partial charge < -0.3 is 5.11 Å². The fourth-order valence-electron chi connectivity index (χ4n) is 0. The van der Waals surface area contributed by atoms with Gasteiger partial charge in [0, 0.05) is 0 Å². The Hall–Kier alpha value is -0.210. The summed E-state index contributed by atoms with van der Waals surface area (Å²) in [5, 5.41) is 7.59. The molecule has 0 amide bonds. The van der Waals surface area contributed by atoms with Gasteiger partial charge in [-0.25, -0.2) is 0 Å². The lowest BCUT2D eigenvalue weighted by atomic mass is 10.8. The lowest BCUT2D eigenvalue weighted by molar-refractivity contribution is -0.134. The Kier molecular flexibility index (Phi) is 13.3. The van der Waals surface area contributed by atoms with Crippen molar-refractivity contribution in [2.24, 2.45) is 0 Å². The van der Waals surface area contributed by atoms with E-state index in [-0.39, 0.29) is 5.88 Å². The van der Waals surface area contributed by atoms with Crippen LogP contribution in [0.15, 0.2) is 12.1 Å². The van der Waals surface area contributed by atoms with Crippen LogP contribution in [0.25, 0.3) is 0 Å². The quantitative estimate of drug-likeness (QED) is 0.588. The zero-order chi connectivity index (χ0) is 6.99. The van der Waals surface area contributed by atoms with E-state index in [0.29, 0.717) is 0 Å². The van der Waals surface area contributed by atoms with Crippen molar-refractivity contribution in [2.75, 3.05) is 5.88 Å². The molecule has 0 spiro atoms. The van der Waals surface area contributed by atoms with Gasteiger partial charge >= 0.3 is 5.97 Å². The van der Waals surface area contributed by atoms with Crippen LogP contribution in [0.1, 0.15) is 0 Å². The molecule has 0 aliphatic heterocycles. The number of carbonyl (C=O) groups is 1. The summed E-state index contributed by atoms with van der Waals surface area (Å²) >= 11 is 9.50. The third-order valence-corrected chi connectivity index (χ3v) is 0.343. The maximum Gasteiger partial charge on any atom is 0.318 e. The maximum atomic E-state index is 9.24. The van der Waals surface area contributed by atoms with Gasteiger partial charge in [-0.15, -0.1) is 11.6 Å². The Labute approximate surface area is 57.7 Å². The topological polar surface area (TPSA) is 37.3 Å². The summed E-state index contributed by atoms with van der Waals surface area (Å²) in [7, 11) is 0. The number of carboxylic acid groups (broad SMARTS) is 1. The highest BCUT2D eigenvalue weighted by atomic mass is 35.5. The third kappa shape index (κ3) is 41.5. The van der Waals surface area contributed by atoms with E-state index in [1.165, 1.54) is 5.54 Å². The molecule has 0 saturated carbocycles. The largest absolute Gasteiger partial charge is 0.480 e. The average Bonchev–Trinajstić information content (AvgIpc) is 1.69. The Morgan fingerprint density at radius 3 is 2.00 bits per heavy atom. The van der Waals surface area contributed by atoms with Crippen molar-refractivity contribution >= 4 is 29.2 Å². The summed E-state index contributed by atoms with van der Waals surface area (Å²) in [4.78, 5) is 9.24. The molecule has 8 heavy (non-hydrogen) atoms. The molecule has 0 heterocycles. The van der Waals surface area contributed by atoms with Crippen molar-refractivity contribution in [1.82, 2.24) is 0 Å². The molecule has 1 N–H and O–H groups in total. The highest BCUT2D eigenvalue weighted by Crippen LogP contribution is 1.67.